The van der Waals surface area contributed by atoms with Crippen molar-refractivity contribution >= 4 is 29.1 Å². The van der Waals surface area contributed by atoms with E-state index >= 15 is 0 Å². The maximum Gasteiger partial charge on any atom is 0.341 e. The van der Waals surface area contributed by atoms with Gasteiger partial charge in [-0.15, -0.1) is 23.1 Å². The number of fused-ring (bicyclic) bond motifs is 1. The first-order valence-electron chi connectivity index (χ1n) is 11.1. The monoisotopic (exact) mass is 521 g/mol. The molecule has 0 fully saturated rings. The third-order valence-electron chi connectivity index (χ3n) is 5.53. The Hall–Kier alpha value is -3.69. The lowest BCUT2D eigenvalue weighted by Gasteiger charge is -2.09. The van der Waals surface area contributed by atoms with Crippen LogP contribution in [0.2, 0.25) is 0 Å². The zero-order valence-corrected chi connectivity index (χ0v) is 21.3. The number of thiazole rings is 1. The highest BCUT2D eigenvalue weighted by Crippen LogP contribution is 2.42. The largest absolute Gasteiger partial charge is 0.486 e. The minimum Gasteiger partial charge on any atom is -0.486 e. The number of nitrogens with zero attached hydrogens (tertiary/aromatic N) is 1. The molecular formula is C27H23NO6S2. The van der Waals surface area contributed by atoms with Crippen LogP contribution in [-0.4, -0.2) is 35.7 Å². The van der Waals surface area contributed by atoms with Gasteiger partial charge in [-0.05, 0) is 72.8 Å². The van der Waals surface area contributed by atoms with Crippen LogP contribution < -0.4 is 18.9 Å². The Morgan fingerprint density at radius 3 is 2.56 bits per heavy atom. The number of hydrogen-bond acceptors (Lipinski definition) is 8. The number of ether oxygens (including phenoxy) is 4. The topological polar surface area (TPSA) is 87.1 Å². The molecule has 0 unspecified atom stereocenters. The van der Waals surface area contributed by atoms with Gasteiger partial charge in [-0.25, -0.2) is 9.78 Å². The predicted molar refractivity (Wildman–Crippen MR) is 140 cm³/mol. The van der Waals surface area contributed by atoms with E-state index in [1.165, 1.54) is 4.90 Å². The third-order valence-corrected chi connectivity index (χ3v) is 7.35. The lowest BCUT2D eigenvalue weighted by Crippen LogP contribution is -2.10. The van der Waals surface area contributed by atoms with Gasteiger partial charge in [-0.2, -0.15) is 0 Å². The first-order valence-corrected chi connectivity index (χ1v) is 13.2. The van der Waals surface area contributed by atoms with Crippen molar-refractivity contribution in [3.8, 4) is 44.7 Å². The van der Waals surface area contributed by atoms with Gasteiger partial charge in [0.15, 0.2) is 18.1 Å². The summed E-state index contributed by atoms with van der Waals surface area (Å²) in [5.74, 6) is 1.59. The fraction of sp³-hybridized carbons (Fsp3) is 0.185. The van der Waals surface area contributed by atoms with Gasteiger partial charge >= 0.3 is 5.97 Å². The molecule has 0 spiro atoms. The van der Waals surface area contributed by atoms with E-state index in [0.717, 1.165) is 38.0 Å². The number of aliphatic carboxylic acids is 1. The average Bonchev–Trinajstić information content (AvgIpc) is 3.53. The molecule has 1 N–H and O–H groups in total. The molecule has 1 aliphatic heterocycles. The molecule has 4 aromatic rings. The van der Waals surface area contributed by atoms with Gasteiger partial charge in [-0.3, -0.25) is 0 Å². The van der Waals surface area contributed by atoms with Crippen LogP contribution in [0.15, 0.2) is 65.6 Å². The van der Waals surface area contributed by atoms with Crippen LogP contribution in [0.3, 0.4) is 0 Å². The number of carboxylic acids is 1. The van der Waals surface area contributed by atoms with Gasteiger partial charge in [0.25, 0.3) is 0 Å². The summed E-state index contributed by atoms with van der Waals surface area (Å²) >= 11 is 3.29. The number of benzene rings is 3. The second-order valence-electron chi connectivity index (χ2n) is 7.98. The molecule has 2 heterocycles. The van der Waals surface area contributed by atoms with Crippen molar-refractivity contribution in [2.45, 2.75) is 18.4 Å². The summed E-state index contributed by atoms with van der Waals surface area (Å²) in [5.41, 5.74) is 3.69. The second kappa shape index (κ2) is 10.5. The number of aromatic nitrogens is 1. The summed E-state index contributed by atoms with van der Waals surface area (Å²) in [6, 6.07) is 19.6. The Bertz CT molecular complexity index is 1400. The van der Waals surface area contributed by atoms with E-state index in [2.05, 4.69) is 30.5 Å². The van der Waals surface area contributed by atoms with E-state index in [4.69, 9.17) is 29.0 Å². The fourth-order valence-corrected chi connectivity index (χ4v) is 5.17. The lowest BCUT2D eigenvalue weighted by molar-refractivity contribution is -0.139. The van der Waals surface area contributed by atoms with Crippen LogP contribution in [0.25, 0.3) is 21.7 Å². The van der Waals surface area contributed by atoms with E-state index in [-0.39, 0.29) is 13.4 Å². The zero-order valence-electron chi connectivity index (χ0n) is 19.6. The normalized spacial score (nSPS) is 11.9. The van der Waals surface area contributed by atoms with Crippen molar-refractivity contribution in [3.63, 3.8) is 0 Å². The van der Waals surface area contributed by atoms with E-state index in [1.807, 2.05) is 31.2 Å². The molecule has 0 aliphatic carbocycles. The molecule has 3 aromatic carbocycles. The molecule has 36 heavy (non-hydrogen) atoms. The van der Waals surface area contributed by atoms with Crippen LogP contribution in [0.5, 0.6) is 23.0 Å². The fourth-order valence-electron chi connectivity index (χ4n) is 3.76. The van der Waals surface area contributed by atoms with E-state index in [1.54, 1.807) is 35.2 Å². The summed E-state index contributed by atoms with van der Waals surface area (Å²) in [5, 5.41) is 9.65. The Balaban J connectivity index is 1.41. The summed E-state index contributed by atoms with van der Waals surface area (Å²) in [7, 11) is 0. The van der Waals surface area contributed by atoms with Crippen LogP contribution >= 0.6 is 23.1 Å². The van der Waals surface area contributed by atoms with Gasteiger partial charge in [0, 0.05) is 10.5 Å². The number of hydrogen-bond donors (Lipinski definition) is 1. The van der Waals surface area contributed by atoms with Crippen molar-refractivity contribution < 1.29 is 28.8 Å². The number of thioether (sulfide) groups is 1. The summed E-state index contributed by atoms with van der Waals surface area (Å²) < 4.78 is 22.4. The first kappa shape index (κ1) is 24.0. The smallest absolute Gasteiger partial charge is 0.341 e. The molecule has 9 heteroatoms. The lowest BCUT2D eigenvalue weighted by atomic mass is 10.1. The molecular weight excluding hydrogens is 498 g/mol. The molecule has 0 atom stereocenters. The molecule has 1 aliphatic rings. The van der Waals surface area contributed by atoms with Crippen molar-refractivity contribution in [2.24, 2.45) is 0 Å². The molecule has 0 saturated heterocycles. The van der Waals surface area contributed by atoms with Crippen LogP contribution in [0, 0.1) is 6.92 Å². The van der Waals surface area contributed by atoms with Gasteiger partial charge in [0.1, 0.15) is 23.1 Å². The van der Waals surface area contributed by atoms with E-state index < -0.39 is 5.97 Å². The number of carbonyl (C=O) groups is 1. The number of carboxylic acid groups (broad SMARTS) is 1. The molecule has 0 bridgehead atoms. The first-order chi connectivity index (χ1) is 17.5. The summed E-state index contributed by atoms with van der Waals surface area (Å²) in [4.78, 5) is 17.9. The summed E-state index contributed by atoms with van der Waals surface area (Å²) in [6.07, 6.45) is 2.06. The second-order valence-corrected chi connectivity index (χ2v) is 9.94. The predicted octanol–water partition coefficient (Wildman–Crippen LogP) is 6.28. The minimum atomic E-state index is -1.02. The summed E-state index contributed by atoms with van der Waals surface area (Å²) in [6.45, 7) is 1.97. The van der Waals surface area contributed by atoms with Gasteiger partial charge in [-0.1, -0.05) is 12.1 Å². The zero-order chi connectivity index (χ0) is 25.1. The Morgan fingerprint density at radius 1 is 1.03 bits per heavy atom. The SMILES string of the molecule is CSc1ccc(-c2sc(COc3ccc(OCC(=O)O)c(C)c3)nc2-c2ccc3c(c2)OCO3)cc1. The maximum absolute atomic E-state index is 10.8. The highest BCUT2D eigenvalue weighted by molar-refractivity contribution is 7.98. The highest BCUT2D eigenvalue weighted by Gasteiger charge is 2.20. The Labute approximate surface area is 216 Å². The molecule has 1 aromatic heterocycles. The average molecular weight is 522 g/mol. The Kier molecular flexibility index (Phi) is 7.02. The van der Waals surface area contributed by atoms with Crippen LogP contribution in [-0.2, 0) is 11.4 Å². The molecule has 0 saturated carbocycles. The Morgan fingerprint density at radius 2 is 1.81 bits per heavy atom. The van der Waals surface area contributed by atoms with Gasteiger partial charge in [0.05, 0.1) is 10.6 Å². The van der Waals surface area contributed by atoms with E-state index in [9.17, 15) is 4.79 Å². The standard InChI is InChI=1S/C27H23NO6S2/c1-16-11-19(6-10-21(16)32-14-25(29)30)31-13-24-28-26(18-5-9-22-23(12-18)34-15-33-22)27(36-24)17-3-7-20(35-2)8-4-17/h3-12H,13-15H2,1-2H3,(H,29,30). The van der Waals surface area contributed by atoms with Crippen LogP contribution in [0.4, 0.5) is 0 Å². The maximum atomic E-state index is 10.8. The molecule has 5 rings (SSSR count). The highest BCUT2D eigenvalue weighted by atomic mass is 32.2. The number of aryl methyl sites for hydroxylation is 1. The minimum absolute atomic E-state index is 0.220. The third kappa shape index (κ3) is 5.27. The molecule has 0 radical (unpaired) electrons. The molecule has 0 amide bonds. The van der Waals surface area contributed by atoms with Crippen molar-refractivity contribution in [3.05, 3.63) is 71.2 Å². The quantitative estimate of drug-likeness (QED) is 0.258. The van der Waals surface area contributed by atoms with E-state index in [0.29, 0.717) is 23.9 Å². The van der Waals surface area contributed by atoms with Gasteiger partial charge in [0.2, 0.25) is 6.79 Å². The van der Waals surface area contributed by atoms with Crippen LogP contribution in [0.1, 0.15) is 10.6 Å². The van der Waals surface area contributed by atoms with Gasteiger partial charge < -0.3 is 24.1 Å². The number of rotatable bonds is 9. The molecule has 184 valence electrons. The van der Waals surface area contributed by atoms with Crippen molar-refractivity contribution in [2.75, 3.05) is 19.7 Å². The molecule has 7 nitrogen and oxygen atoms in total. The van der Waals surface area contributed by atoms with Crippen molar-refractivity contribution in [1.82, 2.24) is 4.98 Å². The van der Waals surface area contributed by atoms with Crippen molar-refractivity contribution in [1.29, 1.82) is 0 Å².